The fourth-order valence-corrected chi connectivity index (χ4v) is 3.64. The molecule has 2 heterocycles. The van der Waals surface area contributed by atoms with E-state index in [0.717, 1.165) is 18.7 Å². The zero-order chi connectivity index (χ0) is 17.0. The second-order valence-electron chi connectivity index (χ2n) is 6.33. The Bertz CT molecular complexity index is 692. The van der Waals surface area contributed by atoms with Gasteiger partial charge in [-0.3, -0.25) is 4.89 Å². The zero-order valence-corrected chi connectivity index (χ0v) is 13.3. The summed E-state index contributed by atoms with van der Waals surface area (Å²) in [6.07, 6.45) is 5.53. The fourth-order valence-electron chi connectivity index (χ4n) is 3.64. The molecule has 2 aliphatic carbocycles. The minimum atomic E-state index is -1.69. The van der Waals surface area contributed by atoms with Gasteiger partial charge in [-0.15, -0.1) is 0 Å². The highest BCUT2D eigenvalue weighted by atomic mass is 17.1. The summed E-state index contributed by atoms with van der Waals surface area (Å²) in [5, 5.41) is 14.3. The number of rotatable bonds is 3. The molecule has 5 rings (SSSR count). The largest absolute Gasteiger partial charge is 0.537 e. The molecular formula is C18H20N2O4. The molecule has 0 saturated heterocycles. The smallest absolute Gasteiger partial charge is 0.448 e. The molecule has 126 valence electrons. The van der Waals surface area contributed by atoms with E-state index in [1.165, 1.54) is 42.6 Å². The third-order valence-corrected chi connectivity index (χ3v) is 4.76. The second kappa shape index (κ2) is 6.97. The van der Waals surface area contributed by atoms with Crippen molar-refractivity contribution in [2.24, 2.45) is 0 Å². The molecule has 0 unspecified atom stereocenters. The first-order chi connectivity index (χ1) is 11.6. The zero-order valence-electron chi connectivity index (χ0n) is 13.3. The van der Waals surface area contributed by atoms with Crippen LogP contribution in [0.15, 0.2) is 36.4 Å². The maximum atomic E-state index is 8.90. The van der Waals surface area contributed by atoms with Crippen LogP contribution in [0.1, 0.15) is 48.5 Å². The van der Waals surface area contributed by atoms with E-state index in [-0.39, 0.29) is 5.41 Å². The first-order valence-corrected chi connectivity index (χ1v) is 8.07. The molecule has 6 heteroatoms. The fraction of sp³-hybridized carbons (Fsp3) is 0.389. The van der Waals surface area contributed by atoms with E-state index in [1.807, 2.05) is 0 Å². The van der Waals surface area contributed by atoms with E-state index in [4.69, 9.17) is 15.2 Å². The van der Waals surface area contributed by atoms with Gasteiger partial charge < -0.3 is 5.11 Å². The Morgan fingerprint density at radius 2 is 1.67 bits per heavy atom. The minimum absolute atomic E-state index is 0.286. The highest BCUT2D eigenvalue weighted by Crippen LogP contribution is 2.43. The first kappa shape index (κ1) is 16.4. The highest BCUT2D eigenvalue weighted by molar-refractivity contribution is 5.55. The van der Waals surface area contributed by atoms with Gasteiger partial charge in [-0.1, -0.05) is 43.2 Å². The molecule has 1 aromatic carbocycles. The van der Waals surface area contributed by atoms with E-state index < -0.39 is 6.16 Å². The van der Waals surface area contributed by atoms with Gasteiger partial charge in [-0.25, -0.2) is 14.8 Å². The number of nitrogens with zero attached hydrogens (tertiary/aromatic N) is 2. The number of hydrogen-bond donors (Lipinski definition) is 2. The molecule has 2 aromatic rings. The number of aromatic nitrogens is 2. The van der Waals surface area contributed by atoms with Crippen molar-refractivity contribution in [2.75, 3.05) is 0 Å². The van der Waals surface area contributed by atoms with Crippen molar-refractivity contribution in [1.82, 2.24) is 9.97 Å². The van der Waals surface area contributed by atoms with Crippen LogP contribution >= 0.6 is 0 Å². The molecule has 0 amide bonds. The maximum absolute atomic E-state index is 8.90. The minimum Gasteiger partial charge on any atom is -0.448 e. The lowest BCUT2D eigenvalue weighted by atomic mass is 9.76. The normalized spacial score (nSPS) is 16.5. The summed E-state index contributed by atoms with van der Waals surface area (Å²) < 4.78 is 0. The van der Waals surface area contributed by atoms with Crippen molar-refractivity contribution < 1.29 is 20.0 Å². The van der Waals surface area contributed by atoms with Gasteiger partial charge in [0.15, 0.2) is 0 Å². The summed E-state index contributed by atoms with van der Waals surface area (Å²) in [4.78, 5) is 20.9. The molecule has 2 N–H and O–H groups in total. The predicted molar refractivity (Wildman–Crippen MR) is 86.9 cm³/mol. The van der Waals surface area contributed by atoms with E-state index in [9.17, 15) is 0 Å². The molecule has 2 bridgehead atoms. The third-order valence-electron chi connectivity index (χ3n) is 4.76. The van der Waals surface area contributed by atoms with Crippen molar-refractivity contribution in [3.63, 3.8) is 0 Å². The Morgan fingerprint density at radius 1 is 1.12 bits per heavy atom. The van der Waals surface area contributed by atoms with Crippen molar-refractivity contribution in [3.8, 4) is 0 Å². The number of benzene rings is 1. The first-order valence-electron chi connectivity index (χ1n) is 8.07. The van der Waals surface area contributed by atoms with Crippen LogP contribution in [0.4, 0.5) is 4.79 Å². The highest BCUT2D eigenvalue weighted by Gasteiger charge is 2.37. The SMILES string of the molecule is O=C(O)OO.c1ccc(C2(Cc3nc4cc(n3)C4)CCCC2)cc1. The summed E-state index contributed by atoms with van der Waals surface area (Å²) in [6, 6.07) is 13.1. The Balaban J connectivity index is 0.000000300. The maximum Gasteiger partial charge on any atom is 0.537 e. The van der Waals surface area contributed by atoms with Gasteiger partial charge in [0.1, 0.15) is 5.82 Å². The average Bonchev–Trinajstić information content (AvgIpc) is 3.05. The molecule has 6 nitrogen and oxygen atoms in total. The summed E-state index contributed by atoms with van der Waals surface area (Å²) in [7, 11) is 0. The van der Waals surface area contributed by atoms with E-state index >= 15 is 0 Å². The van der Waals surface area contributed by atoms with Gasteiger partial charge in [-0.2, -0.15) is 5.26 Å². The van der Waals surface area contributed by atoms with E-state index in [0.29, 0.717) is 0 Å². The van der Waals surface area contributed by atoms with Crippen LogP contribution in [0.25, 0.3) is 0 Å². The van der Waals surface area contributed by atoms with Crippen molar-refractivity contribution >= 4 is 6.16 Å². The predicted octanol–water partition coefficient (Wildman–Crippen LogP) is 3.59. The summed E-state index contributed by atoms with van der Waals surface area (Å²) in [5.41, 5.74) is 4.21. The van der Waals surface area contributed by atoms with Gasteiger partial charge in [-0.05, 0) is 24.5 Å². The van der Waals surface area contributed by atoms with Gasteiger partial charge in [0, 0.05) is 18.3 Å². The monoisotopic (exact) mass is 328 g/mol. The number of carboxylic acid groups (broad SMARTS) is 1. The van der Waals surface area contributed by atoms with E-state index in [1.54, 1.807) is 0 Å². The van der Waals surface area contributed by atoms with Crippen LogP contribution in [0.2, 0.25) is 0 Å². The molecule has 1 aromatic heterocycles. The number of fused-ring (bicyclic) bond motifs is 2. The quantitative estimate of drug-likeness (QED) is 0.564. The standard InChI is InChI=1S/C17H18N2.CH2O4/c1-2-6-13(7-3-1)17(8-4-5-9-17)12-16-18-14-10-15(11-14)19-16;2-1(3)5-4/h1-3,6-7,10H,4-5,8-9,11-12H2;4H,(H,2,3). The number of hydrogen-bond acceptors (Lipinski definition) is 5. The molecule has 24 heavy (non-hydrogen) atoms. The number of carbonyl (C=O) groups is 1. The van der Waals surface area contributed by atoms with Crippen molar-refractivity contribution in [3.05, 3.63) is 59.2 Å². The topological polar surface area (TPSA) is 92.5 Å². The van der Waals surface area contributed by atoms with Crippen LogP contribution in [0, 0.1) is 0 Å². The Morgan fingerprint density at radius 3 is 2.17 bits per heavy atom. The third kappa shape index (κ3) is 3.54. The van der Waals surface area contributed by atoms with Crippen LogP contribution in [-0.4, -0.2) is 26.5 Å². The summed E-state index contributed by atoms with van der Waals surface area (Å²) >= 11 is 0. The lowest BCUT2D eigenvalue weighted by molar-refractivity contribution is -0.194. The Labute approximate surface area is 140 Å². The molecule has 0 spiro atoms. The molecule has 3 aliphatic rings. The summed E-state index contributed by atoms with van der Waals surface area (Å²) in [6.45, 7) is 0. The molecule has 1 fully saturated rings. The lowest BCUT2D eigenvalue weighted by Gasteiger charge is -2.30. The molecule has 1 aliphatic heterocycles. The van der Waals surface area contributed by atoms with Gasteiger partial charge in [0.25, 0.3) is 0 Å². The van der Waals surface area contributed by atoms with E-state index in [2.05, 4.69) is 51.3 Å². The van der Waals surface area contributed by atoms with Gasteiger partial charge in [0.2, 0.25) is 0 Å². The average molecular weight is 328 g/mol. The summed E-state index contributed by atoms with van der Waals surface area (Å²) in [5.74, 6) is 1.06. The molecule has 0 radical (unpaired) electrons. The van der Waals surface area contributed by atoms with Crippen LogP contribution < -0.4 is 0 Å². The van der Waals surface area contributed by atoms with Crippen LogP contribution in [0.3, 0.4) is 0 Å². The molecule has 0 atom stereocenters. The van der Waals surface area contributed by atoms with Gasteiger partial charge in [0.05, 0.1) is 11.4 Å². The van der Waals surface area contributed by atoms with Crippen LogP contribution in [0.5, 0.6) is 0 Å². The Hall–Kier alpha value is -2.47. The van der Waals surface area contributed by atoms with Crippen molar-refractivity contribution in [2.45, 2.75) is 43.9 Å². The second-order valence-corrected chi connectivity index (χ2v) is 6.33. The molecular weight excluding hydrogens is 308 g/mol. The molecule has 1 saturated carbocycles. The lowest BCUT2D eigenvalue weighted by Crippen LogP contribution is -2.27. The van der Waals surface area contributed by atoms with Gasteiger partial charge >= 0.3 is 6.16 Å². The Kier molecular flexibility index (Phi) is 4.76. The van der Waals surface area contributed by atoms with Crippen LogP contribution in [-0.2, 0) is 23.1 Å². The van der Waals surface area contributed by atoms with Crippen molar-refractivity contribution in [1.29, 1.82) is 0 Å².